The van der Waals surface area contributed by atoms with Crippen LogP contribution >= 0.6 is 0 Å². The molecule has 0 aliphatic carbocycles. The van der Waals surface area contributed by atoms with Crippen LogP contribution < -0.4 is 0 Å². The largest absolute Gasteiger partial charge is 0.481 e. The molecule has 2 atom stereocenters. The van der Waals surface area contributed by atoms with Crippen LogP contribution in [-0.2, 0) is 4.79 Å². The number of hydrogen-bond acceptors (Lipinski definition) is 4. The van der Waals surface area contributed by atoms with Crippen LogP contribution in [0.2, 0.25) is 0 Å². The number of para-hydroxylation sites is 1. The molecule has 1 aromatic heterocycles. The van der Waals surface area contributed by atoms with E-state index in [2.05, 4.69) is 10.2 Å². The average molecular weight is 300 g/mol. The highest BCUT2D eigenvalue weighted by Gasteiger charge is 2.37. The van der Waals surface area contributed by atoms with Gasteiger partial charge in [-0.25, -0.2) is 0 Å². The number of nitrogens with zero attached hydrogens (tertiary/aromatic N) is 4. The minimum atomic E-state index is -0.865. The Hall–Kier alpha value is -2.70. The van der Waals surface area contributed by atoms with Crippen molar-refractivity contribution in [1.82, 2.24) is 19.9 Å². The lowest BCUT2D eigenvalue weighted by Crippen LogP contribution is -2.30. The van der Waals surface area contributed by atoms with E-state index < -0.39 is 11.9 Å². The molecule has 1 fully saturated rings. The molecule has 2 heterocycles. The predicted molar refractivity (Wildman–Crippen MR) is 77.6 cm³/mol. The fourth-order valence-electron chi connectivity index (χ4n) is 2.66. The Morgan fingerprint density at radius 3 is 2.59 bits per heavy atom. The second-order valence-electron chi connectivity index (χ2n) is 5.49. The molecule has 1 N–H and O–H groups in total. The third kappa shape index (κ3) is 2.57. The number of carbonyl (C=O) groups excluding carboxylic acids is 1. The monoisotopic (exact) mass is 300 g/mol. The van der Waals surface area contributed by atoms with Crippen molar-refractivity contribution in [2.24, 2.45) is 11.8 Å². The van der Waals surface area contributed by atoms with Gasteiger partial charge in [0.2, 0.25) is 0 Å². The van der Waals surface area contributed by atoms with Crippen molar-refractivity contribution in [3.8, 4) is 5.69 Å². The number of likely N-dealkylation sites (tertiary alicyclic amines) is 1. The van der Waals surface area contributed by atoms with Gasteiger partial charge >= 0.3 is 5.97 Å². The second kappa shape index (κ2) is 5.59. The van der Waals surface area contributed by atoms with Gasteiger partial charge in [-0.05, 0) is 18.1 Å². The first-order valence-electron chi connectivity index (χ1n) is 7.06. The fraction of sp³-hybridized carbons (Fsp3) is 0.333. The molecule has 1 saturated heterocycles. The van der Waals surface area contributed by atoms with Crippen molar-refractivity contribution in [2.45, 2.75) is 6.92 Å². The summed E-state index contributed by atoms with van der Waals surface area (Å²) >= 11 is 0. The highest BCUT2D eigenvalue weighted by atomic mass is 16.4. The maximum absolute atomic E-state index is 12.4. The lowest BCUT2D eigenvalue weighted by Gasteiger charge is -2.13. The summed E-state index contributed by atoms with van der Waals surface area (Å²) in [7, 11) is 0. The summed E-state index contributed by atoms with van der Waals surface area (Å²) in [4.78, 5) is 26.5. The Kier molecular flexibility index (Phi) is 3.62. The average Bonchev–Trinajstić information content (AvgIpc) is 3.14. The third-order valence-corrected chi connectivity index (χ3v) is 3.91. The van der Waals surface area contributed by atoms with E-state index in [1.165, 1.54) is 15.9 Å². The second-order valence-corrected chi connectivity index (χ2v) is 5.49. The first kappa shape index (κ1) is 14.2. The maximum Gasteiger partial charge on any atom is 0.308 e. The number of rotatable bonds is 3. The molecule has 0 saturated carbocycles. The smallest absolute Gasteiger partial charge is 0.308 e. The zero-order chi connectivity index (χ0) is 15.7. The SMILES string of the molecule is C[C@@H]1CN(C(=O)c2cnn(-c3ccccc3)n2)C[C@H]1C(=O)O. The summed E-state index contributed by atoms with van der Waals surface area (Å²) in [5.74, 6) is -1.73. The number of amides is 1. The zero-order valence-electron chi connectivity index (χ0n) is 12.1. The van der Waals surface area contributed by atoms with Crippen LogP contribution in [0.4, 0.5) is 0 Å². The van der Waals surface area contributed by atoms with Crippen LogP contribution in [0.5, 0.6) is 0 Å². The Balaban J connectivity index is 1.77. The minimum absolute atomic E-state index is 0.0642. The normalized spacial score (nSPS) is 21.0. The van der Waals surface area contributed by atoms with Gasteiger partial charge < -0.3 is 10.0 Å². The van der Waals surface area contributed by atoms with E-state index in [4.69, 9.17) is 5.11 Å². The van der Waals surface area contributed by atoms with Gasteiger partial charge in [0.25, 0.3) is 5.91 Å². The van der Waals surface area contributed by atoms with Gasteiger partial charge in [0.1, 0.15) is 0 Å². The lowest BCUT2D eigenvalue weighted by atomic mass is 9.99. The number of carboxylic acid groups (broad SMARTS) is 1. The molecular formula is C15H16N4O3. The molecule has 0 unspecified atom stereocenters. The van der Waals surface area contributed by atoms with E-state index in [0.29, 0.717) is 6.54 Å². The summed E-state index contributed by atoms with van der Waals surface area (Å²) in [5.41, 5.74) is 0.988. The molecule has 0 spiro atoms. The van der Waals surface area contributed by atoms with Crippen LogP contribution in [0.15, 0.2) is 36.5 Å². The predicted octanol–water partition coefficient (Wildman–Crippen LogP) is 1.06. The molecule has 7 heteroatoms. The van der Waals surface area contributed by atoms with Gasteiger partial charge in [0.05, 0.1) is 17.8 Å². The van der Waals surface area contributed by atoms with Crippen molar-refractivity contribution < 1.29 is 14.7 Å². The molecule has 1 aliphatic heterocycles. The maximum atomic E-state index is 12.4. The standard InChI is InChI=1S/C15H16N4O3/c1-10-8-18(9-12(10)15(21)22)14(20)13-7-16-19(17-13)11-5-3-2-4-6-11/h2-7,10,12H,8-9H2,1H3,(H,21,22)/t10-,12-/m1/s1. The Labute approximate surface area is 127 Å². The molecule has 1 aliphatic rings. The molecular weight excluding hydrogens is 284 g/mol. The molecule has 1 amide bonds. The van der Waals surface area contributed by atoms with Gasteiger partial charge in [-0.3, -0.25) is 9.59 Å². The Morgan fingerprint density at radius 1 is 1.23 bits per heavy atom. The van der Waals surface area contributed by atoms with Crippen molar-refractivity contribution in [2.75, 3.05) is 13.1 Å². The van der Waals surface area contributed by atoms with Gasteiger partial charge in [-0.15, -0.1) is 5.10 Å². The molecule has 22 heavy (non-hydrogen) atoms. The highest BCUT2D eigenvalue weighted by Crippen LogP contribution is 2.24. The van der Waals surface area contributed by atoms with E-state index in [1.54, 1.807) is 0 Å². The minimum Gasteiger partial charge on any atom is -0.481 e. The molecule has 3 rings (SSSR count). The van der Waals surface area contributed by atoms with E-state index in [-0.39, 0.29) is 24.1 Å². The van der Waals surface area contributed by atoms with Crippen LogP contribution in [-0.4, -0.2) is 50.0 Å². The summed E-state index contributed by atoms with van der Waals surface area (Å²) in [5, 5.41) is 17.4. The highest BCUT2D eigenvalue weighted by molar-refractivity contribution is 5.92. The first-order chi connectivity index (χ1) is 10.6. The Bertz CT molecular complexity index is 698. The fourth-order valence-corrected chi connectivity index (χ4v) is 2.66. The molecule has 0 bridgehead atoms. The summed E-state index contributed by atoms with van der Waals surface area (Å²) < 4.78 is 0. The number of aliphatic carboxylic acids is 1. The van der Waals surface area contributed by atoms with Gasteiger partial charge in [0.15, 0.2) is 5.69 Å². The molecule has 114 valence electrons. The number of benzene rings is 1. The number of carboxylic acids is 1. The van der Waals surface area contributed by atoms with E-state index >= 15 is 0 Å². The topological polar surface area (TPSA) is 88.3 Å². The number of aromatic nitrogens is 3. The van der Waals surface area contributed by atoms with E-state index in [0.717, 1.165) is 5.69 Å². The summed E-state index contributed by atoms with van der Waals surface area (Å²) in [6.07, 6.45) is 1.41. The zero-order valence-corrected chi connectivity index (χ0v) is 12.1. The van der Waals surface area contributed by atoms with Gasteiger partial charge in [-0.2, -0.15) is 9.90 Å². The Morgan fingerprint density at radius 2 is 1.95 bits per heavy atom. The third-order valence-electron chi connectivity index (χ3n) is 3.91. The van der Waals surface area contributed by atoms with Gasteiger partial charge in [0, 0.05) is 13.1 Å². The van der Waals surface area contributed by atoms with Gasteiger partial charge in [-0.1, -0.05) is 25.1 Å². The summed E-state index contributed by atoms with van der Waals surface area (Å²) in [6, 6.07) is 9.29. The lowest BCUT2D eigenvalue weighted by molar-refractivity contribution is -0.142. The van der Waals surface area contributed by atoms with Crippen molar-refractivity contribution in [3.63, 3.8) is 0 Å². The van der Waals surface area contributed by atoms with Crippen molar-refractivity contribution >= 4 is 11.9 Å². The molecule has 2 aromatic rings. The summed E-state index contributed by atoms with van der Waals surface area (Å²) in [6.45, 7) is 2.48. The van der Waals surface area contributed by atoms with E-state index in [1.807, 2.05) is 37.3 Å². The van der Waals surface area contributed by atoms with E-state index in [9.17, 15) is 9.59 Å². The number of carbonyl (C=O) groups is 2. The number of hydrogen-bond donors (Lipinski definition) is 1. The van der Waals surface area contributed by atoms with Crippen molar-refractivity contribution in [1.29, 1.82) is 0 Å². The quantitative estimate of drug-likeness (QED) is 0.915. The van der Waals surface area contributed by atoms with Crippen LogP contribution in [0, 0.1) is 11.8 Å². The molecule has 1 aromatic carbocycles. The van der Waals surface area contributed by atoms with Crippen molar-refractivity contribution in [3.05, 3.63) is 42.2 Å². The first-order valence-corrected chi connectivity index (χ1v) is 7.06. The van der Waals surface area contributed by atoms with Crippen LogP contribution in [0.25, 0.3) is 5.69 Å². The van der Waals surface area contributed by atoms with Crippen LogP contribution in [0.1, 0.15) is 17.4 Å². The van der Waals surface area contributed by atoms with Crippen LogP contribution in [0.3, 0.4) is 0 Å². The molecule has 7 nitrogen and oxygen atoms in total. The molecule has 0 radical (unpaired) electrons.